The van der Waals surface area contributed by atoms with Crippen LogP contribution in [0.3, 0.4) is 0 Å². The minimum Gasteiger partial charge on any atom is -0.371 e. The Morgan fingerprint density at radius 2 is 2.15 bits per heavy atom. The van der Waals surface area contributed by atoms with Crippen molar-refractivity contribution in [3.05, 3.63) is 47.9 Å². The third-order valence-electron chi connectivity index (χ3n) is 4.54. The molecule has 1 aromatic carbocycles. The number of nitrogens with zero attached hydrogens (tertiary/aromatic N) is 4. The number of ether oxygens (including phenoxy) is 1. The van der Waals surface area contributed by atoms with Crippen LogP contribution < -0.4 is 0 Å². The van der Waals surface area contributed by atoms with Gasteiger partial charge < -0.3 is 9.26 Å². The van der Waals surface area contributed by atoms with Crippen LogP contribution in [0.25, 0.3) is 11.0 Å². The van der Waals surface area contributed by atoms with E-state index in [-0.39, 0.29) is 18.4 Å². The van der Waals surface area contributed by atoms with E-state index in [2.05, 4.69) is 10.3 Å². The maximum Gasteiger partial charge on any atom is 0.220 e. The fraction of sp³-hybridized carbons (Fsp3) is 0.412. The van der Waals surface area contributed by atoms with Crippen LogP contribution in [0.15, 0.2) is 41.2 Å². The van der Waals surface area contributed by atoms with E-state index < -0.39 is 10.0 Å². The Morgan fingerprint density at radius 3 is 2.96 bits per heavy atom. The largest absolute Gasteiger partial charge is 0.371 e. The summed E-state index contributed by atoms with van der Waals surface area (Å²) >= 11 is 0. The summed E-state index contributed by atoms with van der Waals surface area (Å²) in [5.41, 5.74) is 1.91. The highest BCUT2D eigenvalue weighted by Gasteiger charge is 2.32. The lowest BCUT2D eigenvalue weighted by molar-refractivity contribution is -0.00266. The van der Waals surface area contributed by atoms with Crippen LogP contribution in [0, 0.1) is 0 Å². The van der Waals surface area contributed by atoms with Crippen LogP contribution in [-0.2, 0) is 27.1 Å². The first-order valence-electron chi connectivity index (χ1n) is 8.52. The van der Waals surface area contributed by atoms with E-state index in [0.717, 1.165) is 17.5 Å². The van der Waals surface area contributed by atoms with Gasteiger partial charge in [-0.3, -0.25) is 4.68 Å². The monoisotopic (exact) mass is 376 g/mol. The third kappa shape index (κ3) is 3.25. The number of rotatable bonds is 5. The van der Waals surface area contributed by atoms with Gasteiger partial charge in [0, 0.05) is 36.8 Å². The smallest absolute Gasteiger partial charge is 0.220 e. The van der Waals surface area contributed by atoms with Crippen LogP contribution in [0.4, 0.5) is 0 Å². The molecular formula is C17H20N4O4S. The molecule has 1 fully saturated rings. The molecule has 138 valence electrons. The van der Waals surface area contributed by atoms with Gasteiger partial charge in [-0.15, -0.1) is 0 Å². The number of sulfonamides is 1. The first-order chi connectivity index (χ1) is 12.6. The van der Waals surface area contributed by atoms with E-state index in [1.165, 1.54) is 4.31 Å². The van der Waals surface area contributed by atoms with Crippen molar-refractivity contribution < 1.29 is 17.7 Å². The van der Waals surface area contributed by atoms with Gasteiger partial charge >= 0.3 is 0 Å². The molecule has 26 heavy (non-hydrogen) atoms. The quantitative estimate of drug-likeness (QED) is 0.676. The van der Waals surface area contributed by atoms with E-state index in [1.807, 2.05) is 31.3 Å². The van der Waals surface area contributed by atoms with Gasteiger partial charge in [0.15, 0.2) is 5.58 Å². The van der Waals surface area contributed by atoms with Gasteiger partial charge in [-0.1, -0.05) is 17.3 Å². The number of aromatic nitrogens is 3. The van der Waals surface area contributed by atoms with Gasteiger partial charge in [0.05, 0.1) is 18.9 Å². The predicted molar refractivity (Wildman–Crippen MR) is 94.8 cm³/mol. The summed E-state index contributed by atoms with van der Waals surface area (Å²) in [5, 5.41) is 8.91. The van der Waals surface area contributed by atoms with Crippen molar-refractivity contribution in [3.63, 3.8) is 0 Å². The van der Waals surface area contributed by atoms with Crippen molar-refractivity contribution in [1.82, 2.24) is 19.2 Å². The number of fused-ring (bicyclic) bond motifs is 1. The third-order valence-corrected chi connectivity index (χ3v) is 6.30. The Kier molecular flexibility index (Phi) is 4.51. The number of aryl methyl sites for hydroxylation is 1. The van der Waals surface area contributed by atoms with Gasteiger partial charge in [0.2, 0.25) is 10.0 Å². The molecule has 1 aliphatic heterocycles. The van der Waals surface area contributed by atoms with E-state index >= 15 is 0 Å². The SMILES string of the molecule is CCn1cc([C@@H]2CN(S(=O)(=O)Cc3noc4ccccc34)CCO2)cn1. The molecule has 1 atom stereocenters. The van der Waals surface area contributed by atoms with Crippen LogP contribution in [0.2, 0.25) is 0 Å². The lowest BCUT2D eigenvalue weighted by Gasteiger charge is -2.31. The molecule has 1 saturated heterocycles. The van der Waals surface area contributed by atoms with Crippen molar-refractivity contribution in [3.8, 4) is 0 Å². The fourth-order valence-electron chi connectivity index (χ4n) is 3.11. The summed E-state index contributed by atoms with van der Waals surface area (Å²) in [7, 11) is -3.53. The molecule has 0 spiro atoms. The molecule has 0 amide bonds. The molecule has 0 bridgehead atoms. The minimum atomic E-state index is -3.53. The lowest BCUT2D eigenvalue weighted by Crippen LogP contribution is -2.42. The van der Waals surface area contributed by atoms with Gasteiger partial charge in [0.25, 0.3) is 0 Å². The number of hydrogen-bond donors (Lipinski definition) is 0. The maximum absolute atomic E-state index is 12.9. The van der Waals surface area contributed by atoms with Crippen molar-refractivity contribution >= 4 is 21.0 Å². The van der Waals surface area contributed by atoms with E-state index in [0.29, 0.717) is 24.4 Å². The molecule has 2 aromatic heterocycles. The van der Waals surface area contributed by atoms with Gasteiger partial charge in [-0.05, 0) is 19.1 Å². The van der Waals surface area contributed by atoms with Gasteiger partial charge in [-0.2, -0.15) is 9.40 Å². The maximum atomic E-state index is 12.9. The number of para-hydroxylation sites is 1. The Bertz CT molecular complexity index is 1010. The summed E-state index contributed by atoms with van der Waals surface area (Å²) in [6.07, 6.45) is 3.31. The first kappa shape index (κ1) is 17.2. The van der Waals surface area contributed by atoms with E-state index in [1.54, 1.807) is 16.9 Å². The molecule has 3 aromatic rings. The van der Waals surface area contributed by atoms with Crippen LogP contribution in [0.1, 0.15) is 24.3 Å². The van der Waals surface area contributed by atoms with Crippen molar-refractivity contribution in [2.75, 3.05) is 19.7 Å². The Morgan fingerprint density at radius 1 is 1.31 bits per heavy atom. The average molecular weight is 376 g/mol. The zero-order chi connectivity index (χ0) is 18.1. The molecule has 0 unspecified atom stereocenters. The first-order valence-corrected chi connectivity index (χ1v) is 10.1. The highest BCUT2D eigenvalue weighted by atomic mass is 32.2. The molecule has 0 saturated carbocycles. The highest BCUT2D eigenvalue weighted by molar-refractivity contribution is 7.88. The molecule has 0 radical (unpaired) electrons. The second-order valence-corrected chi connectivity index (χ2v) is 8.20. The van der Waals surface area contributed by atoms with Gasteiger partial charge in [-0.25, -0.2) is 8.42 Å². The van der Waals surface area contributed by atoms with E-state index in [4.69, 9.17) is 9.26 Å². The van der Waals surface area contributed by atoms with Crippen LogP contribution >= 0.6 is 0 Å². The van der Waals surface area contributed by atoms with E-state index in [9.17, 15) is 8.42 Å². The second-order valence-electron chi connectivity index (χ2n) is 6.23. The summed E-state index contributed by atoms with van der Waals surface area (Å²) in [6, 6.07) is 7.26. The van der Waals surface area contributed by atoms with Gasteiger partial charge in [0.1, 0.15) is 11.4 Å². The number of benzene rings is 1. The molecule has 0 aliphatic carbocycles. The molecule has 9 heteroatoms. The zero-order valence-electron chi connectivity index (χ0n) is 14.4. The van der Waals surface area contributed by atoms with Crippen LogP contribution in [-0.4, -0.2) is 47.4 Å². The molecule has 4 rings (SSSR count). The summed E-state index contributed by atoms with van der Waals surface area (Å²) in [4.78, 5) is 0. The lowest BCUT2D eigenvalue weighted by atomic mass is 10.2. The molecular weight excluding hydrogens is 356 g/mol. The predicted octanol–water partition coefficient (Wildman–Crippen LogP) is 1.95. The molecule has 1 aliphatic rings. The topological polar surface area (TPSA) is 90.5 Å². The summed E-state index contributed by atoms with van der Waals surface area (Å²) < 4.78 is 40.0. The fourth-order valence-corrected chi connectivity index (χ4v) is 4.56. The number of hydrogen-bond acceptors (Lipinski definition) is 6. The Labute approximate surface area is 151 Å². The average Bonchev–Trinajstić information content (AvgIpc) is 3.29. The normalized spacial score (nSPS) is 19.2. The molecule has 8 nitrogen and oxygen atoms in total. The van der Waals surface area contributed by atoms with Crippen molar-refractivity contribution in [2.45, 2.75) is 25.3 Å². The summed E-state index contributed by atoms with van der Waals surface area (Å²) in [5.74, 6) is -0.190. The molecule has 0 N–H and O–H groups in total. The van der Waals surface area contributed by atoms with Crippen molar-refractivity contribution in [2.24, 2.45) is 0 Å². The highest BCUT2D eigenvalue weighted by Crippen LogP contribution is 2.26. The number of morpholine rings is 1. The second kappa shape index (κ2) is 6.82. The Balaban J connectivity index is 1.53. The standard InChI is InChI=1S/C17H20N4O4S/c1-2-20-10-13(9-18-20)17-11-21(7-8-24-17)26(22,23)12-15-14-5-3-4-6-16(14)25-19-15/h3-6,9-10,17H,2,7-8,11-12H2,1H3/t17-/m0/s1. The minimum absolute atomic E-state index is 0.190. The Hall–Kier alpha value is -2.23. The summed E-state index contributed by atoms with van der Waals surface area (Å²) in [6.45, 7) is 3.70. The van der Waals surface area contributed by atoms with Crippen molar-refractivity contribution in [1.29, 1.82) is 0 Å². The van der Waals surface area contributed by atoms with Crippen LogP contribution in [0.5, 0.6) is 0 Å². The molecule has 3 heterocycles. The zero-order valence-corrected chi connectivity index (χ0v) is 15.2.